The van der Waals surface area contributed by atoms with E-state index in [1.165, 1.54) is 4.31 Å². The quantitative estimate of drug-likeness (QED) is 0.729. The van der Waals surface area contributed by atoms with Crippen molar-refractivity contribution >= 4 is 10.0 Å². The van der Waals surface area contributed by atoms with Crippen molar-refractivity contribution in [2.45, 2.75) is 37.2 Å². The van der Waals surface area contributed by atoms with Crippen LogP contribution in [0.5, 0.6) is 5.75 Å². The highest BCUT2D eigenvalue weighted by molar-refractivity contribution is 7.89. The Morgan fingerprint density at radius 3 is 2.35 bits per heavy atom. The molecule has 0 aliphatic heterocycles. The van der Waals surface area contributed by atoms with Crippen molar-refractivity contribution in [1.29, 1.82) is 0 Å². The van der Waals surface area contributed by atoms with E-state index in [0.29, 0.717) is 11.8 Å². The zero-order valence-electron chi connectivity index (χ0n) is 14.7. The fourth-order valence-electron chi connectivity index (χ4n) is 2.98. The molecular weight excluding hydrogens is 360 g/mol. The number of hydrogen-bond acceptors (Lipinski definition) is 3. The van der Waals surface area contributed by atoms with E-state index in [0.717, 1.165) is 30.5 Å². The van der Waals surface area contributed by atoms with Crippen molar-refractivity contribution < 1.29 is 21.9 Å². The molecular formula is C19H21F2NO3S. The van der Waals surface area contributed by atoms with E-state index in [1.54, 1.807) is 31.4 Å². The summed E-state index contributed by atoms with van der Waals surface area (Å²) in [6.45, 7) is 1.95. The molecule has 2 aromatic carbocycles. The molecule has 0 bridgehead atoms. The Bertz CT molecular complexity index is 880. The number of hydrogen-bond donors (Lipinski definition) is 0. The van der Waals surface area contributed by atoms with Crippen molar-refractivity contribution in [3.05, 3.63) is 59.7 Å². The summed E-state index contributed by atoms with van der Waals surface area (Å²) in [5.74, 6) is -0.958. The fraction of sp³-hybridized carbons (Fsp3) is 0.368. The first-order valence-corrected chi connectivity index (χ1v) is 9.86. The van der Waals surface area contributed by atoms with Crippen LogP contribution in [0.15, 0.2) is 47.4 Å². The van der Waals surface area contributed by atoms with E-state index < -0.39 is 26.6 Å². The van der Waals surface area contributed by atoms with Crippen LogP contribution >= 0.6 is 0 Å². The molecule has 3 rings (SSSR count). The molecule has 0 radical (unpaired) electrons. The standard InChI is InChI=1S/C19H21F2NO3S/c1-13(15-5-6-15)22(12-14-3-8-17(25-2)9-4-14)26(23,24)19-10-7-16(20)11-18(19)21/h3-4,7-11,13,15H,5-6,12H2,1-2H3/t13-/m1/s1. The van der Waals surface area contributed by atoms with Gasteiger partial charge in [0.2, 0.25) is 10.0 Å². The van der Waals surface area contributed by atoms with Gasteiger partial charge in [0, 0.05) is 18.7 Å². The number of methoxy groups -OCH3 is 1. The molecule has 0 unspecified atom stereocenters. The molecule has 1 atom stereocenters. The summed E-state index contributed by atoms with van der Waals surface area (Å²) in [4.78, 5) is -0.500. The minimum atomic E-state index is -4.11. The summed E-state index contributed by atoms with van der Waals surface area (Å²) in [6.07, 6.45) is 1.89. The van der Waals surface area contributed by atoms with Crippen LogP contribution in [-0.4, -0.2) is 25.9 Å². The Hall–Kier alpha value is -1.99. The number of ether oxygens (including phenoxy) is 1. The van der Waals surface area contributed by atoms with E-state index in [2.05, 4.69) is 0 Å². The maximum absolute atomic E-state index is 14.2. The maximum atomic E-state index is 14.2. The average molecular weight is 381 g/mol. The van der Waals surface area contributed by atoms with Gasteiger partial charge in [-0.3, -0.25) is 0 Å². The third kappa shape index (κ3) is 3.88. The van der Waals surface area contributed by atoms with E-state index in [1.807, 2.05) is 6.92 Å². The molecule has 26 heavy (non-hydrogen) atoms. The minimum absolute atomic E-state index is 0.112. The van der Waals surface area contributed by atoms with Crippen LogP contribution in [0.2, 0.25) is 0 Å². The van der Waals surface area contributed by atoms with Crippen LogP contribution < -0.4 is 4.74 Å². The zero-order chi connectivity index (χ0) is 18.9. The SMILES string of the molecule is COc1ccc(CN([C@H](C)C2CC2)S(=O)(=O)c2ccc(F)cc2F)cc1. The van der Waals surface area contributed by atoms with E-state index in [9.17, 15) is 17.2 Å². The molecule has 0 spiro atoms. The summed E-state index contributed by atoms with van der Waals surface area (Å²) in [5.41, 5.74) is 0.768. The number of rotatable bonds is 7. The van der Waals surface area contributed by atoms with Gasteiger partial charge in [0.05, 0.1) is 7.11 Å². The summed E-state index contributed by atoms with van der Waals surface area (Å²) >= 11 is 0. The van der Waals surface area contributed by atoms with Crippen LogP contribution in [0, 0.1) is 17.6 Å². The first kappa shape index (κ1) is 18.8. The van der Waals surface area contributed by atoms with Crippen molar-refractivity contribution in [3.8, 4) is 5.75 Å². The minimum Gasteiger partial charge on any atom is -0.497 e. The Balaban J connectivity index is 1.96. The molecule has 1 saturated carbocycles. The highest BCUT2D eigenvalue weighted by Gasteiger charge is 2.39. The predicted octanol–water partition coefficient (Wildman–Crippen LogP) is 3.96. The number of sulfonamides is 1. The third-order valence-corrected chi connectivity index (χ3v) is 6.70. The Kier molecular flexibility index (Phi) is 5.29. The lowest BCUT2D eigenvalue weighted by atomic mass is 10.1. The molecule has 1 aliphatic rings. The first-order valence-electron chi connectivity index (χ1n) is 8.42. The monoisotopic (exact) mass is 381 g/mol. The van der Waals surface area contributed by atoms with Gasteiger partial charge in [0.1, 0.15) is 22.3 Å². The molecule has 140 valence electrons. The van der Waals surface area contributed by atoms with Gasteiger partial charge in [-0.2, -0.15) is 4.31 Å². The lowest BCUT2D eigenvalue weighted by molar-refractivity contribution is 0.301. The Morgan fingerprint density at radius 2 is 1.81 bits per heavy atom. The second-order valence-corrected chi connectivity index (χ2v) is 8.41. The number of halogens is 2. The van der Waals surface area contributed by atoms with Crippen LogP contribution in [-0.2, 0) is 16.6 Å². The van der Waals surface area contributed by atoms with Gasteiger partial charge < -0.3 is 4.74 Å². The number of nitrogens with zero attached hydrogens (tertiary/aromatic N) is 1. The topological polar surface area (TPSA) is 46.6 Å². The van der Waals surface area contributed by atoms with Gasteiger partial charge in [-0.05, 0) is 55.5 Å². The van der Waals surface area contributed by atoms with Crippen molar-refractivity contribution in [3.63, 3.8) is 0 Å². The third-order valence-electron chi connectivity index (χ3n) is 4.74. The Labute approximate surface area is 152 Å². The maximum Gasteiger partial charge on any atom is 0.246 e. The van der Waals surface area contributed by atoms with Crippen LogP contribution in [0.1, 0.15) is 25.3 Å². The van der Waals surface area contributed by atoms with Crippen LogP contribution in [0.25, 0.3) is 0 Å². The van der Waals surface area contributed by atoms with Gasteiger partial charge in [-0.25, -0.2) is 17.2 Å². The van der Waals surface area contributed by atoms with E-state index >= 15 is 0 Å². The summed E-state index contributed by atoms with van der Waals surface area (Å²) in [7, 11) is -2.55. The van der Waals surface area contributed by atoms with Gasteiger partial charge in [0.15, 0.2) is 0 Å². The van der Waals surface area contributed by atoms with Gasteiger partial charge >= 0.3 is 0 Å². The molecule has 7 heteroatoms. The molecule has 1 fully saturated rings. The van der Waals surface area contributed by atoms with Crippen molar-refractivity contribution in [2.75, 3.05) is 7.11 Å². The highest BCUT2D eigenvalue weighted by Crippen LogP contribution is 2.38. The smallest absolute Gasteiger partial charge is 0.246 e. The van der Waals surface area contributed by atoms with Crippen molar-refractivity contribution in [2.24, 2.45) is 5.92 Å². The lowest BCUT2D eigenvalue weighted by Gasteiger charge is -2.29. The second kappa shape index (κ2) is 7.32. The molecule has 2 aromatic rings. The highest BCUT2D eigenvalue weighted by atomic mass is 32.2. The lowest BCUT2D eigenvalue weighted by Crippen LogP contribution is -2.39. The van der Waals surface area contributed by atoms with E-state index in [4.69, 9.17) is 4.74 Å². The second-order valence-electron chi connectivity index (χ2n) is 6.55. The summed E-state index contributed by atoms with van der Waals surface area (Å²) in [6, 6.07) is 9.33. The summed E-state index contributed by atoms with van der Waals surface area (Å²) in [5, 5.41) is 0. The van der Waals surface area contributed by atoms with Crippen LogP contribution in [0.3, 0.4) is 0 Å². The molecule has 0 amide bonds. The Morgan fingerprint density at radius 1 is 1.15 bits per heavy atom. The molecule has 0 heterocycles. The van der Waals surface area contributed by atoms with Crippen LogP contribution in [0.4, 0.5) is 8.78 Å². The molecule has 0 N–H and O–H groups in total. The normalized spacial score (nSPS) is 15.9. The molecule has 0 saturated heterocycles. The molecule has 1 aliphatic carbocycles. The fourth-order valence-corrected chi connectivity index (χ4v) is 4.71. The van der Waals surface area contributed by atoms with Crippen molar-refractivity contribution in [1.82, 2.24) is 4.31 Å². The van der Waals surface area contributed by atoms with Gasteiger partial charge in [0.25, 0.3) is 0 Å². The first-order chi connectivity index (χ1) is 12.3. The predicted molar refractivity (Wildman–Crippen MR) is 94.3 cm³/mol. The number of benzene rings is 2. The summed E-state index contributed by atoms with van der Waals surface area (Å²) < 4.78 is 60.0. The molecule has 0 aromatic heterocycles. The van der Waals surface area contributed by atoms with Gasteiger partial charge in [-0.1, -0.05) is 12.1 Å². The van der Waals surface area contributed by atoms with E-state index in [-0.39, 0.29) is 18.5 Å². The largest absolute Gasteiger partial charge is 0.497 e. The molecule has 4 nitrogen and oxygen atoms in total. The van der Waals surface area contributed by atoms with Gasteiger partial charge in [-0.15, -0.1) is 0 Å². The average Bonchev–Trinajstić information content (AvgIpc) is 3.44. The zero-order valence-corrected chi connectivity index (χ0v) is 15.5.